The summed E-state index contributed by atoms with van der Waals surface area (Å²) >= 11 is 0. The van der Waals surface area contributed by atoms with Crippen molar-refractivity contribution in [2.24, 2.45) is 0 Å². The molecule has 28 heavy (non-hydrogen) atoms. The molecule has 136 valence electrons. The quantitative estimate of drug-likeness (QED) is 0.498. The molecule has 0 amide bonds. The van der Waals surface area contributed by atoms with Gasteiger partial charge in [-0.3, -0.25) is 0 Å². The molecular formula is C20H11F2N5O. The molecule has 0 atom stereocenters. The number of halogens is 2. The predicted octanol–water partition coefficient (Wildman–Crippen LogP) is 4.62. The molecule has 4 aromatic heterocycles. The Bertz CT molecular complexity index is 1300. The van der Waals surface area contributed by atoms with Gasteiger partial charge in [-0.05, 0) is 18.2 Å². The summed E-state index contributed by atoms with van der Waals surface area (Å²) < 4.78 is 33.4. The van der Waals surface area contributed by atoms with Crippen LogP contribution in [0, 0.1) is 11.6 Å². The van der Waals surface area contributed by atoms with Crippen LogP contribution in [0.1, 0.15) is 0 Å². The zero-order chi connectivity index (χ0) is 19.1. The van der Waals surface area contributed by atoms with Crippen molar-refractivity contribution in [3.63, 3.8) is 0 Å². The van der Waals surface area contributed by atoms with Gasteiger partial charge in [0.1, 0.15) is 5.65 Å². The average molecular weight is 375 g/mol. The maximum absolute atomic E-state index is 14.3. The first kappa shape index (κ1) is 16.2. The summed E-state index contributed by atoms with van der Waals surface area (Å²) in [6, 6.07) is 7.56. The molecule has 4 heterocycles. The van der Waals surface area contributed by atoms with Gasteiger partial charge in [0, 0.05) is 46.9 Å². The van der Waals surface area contributed by atoms with Crippen LogP contribution >= 0.6 is 0 Å². The maximum Gasteiger partial charge on any atom is 0.176 e. The molecule has 0 aliphatic rings. The van der Waals surface area contributed by atoms with Crippen molar-refractivity contribution in [3.8, 4) is 33.8 Å². The lowest BCUT2D eigenvalue weighted by molar-refractivity contribution is 0.432. The van der Waals surface area contributed by atoms with Crippen LogP contribution in [0.2, 0.25) is 0 Å². The highest BCUT2D eigenvalue weighted by molar-refractivity contribution is 5.97. The van der Waals surface area contributed by atoms with Gasteiger partial charge < -0.3 is 9.51 Å². The molecule has 6 nitrogen and oxygen atoms in total. The van der Waals surface area contributed by atoms with Crippen molar-refractivity contribution in [1.82, 2.24) is 25.1 Å². The van der Waals surface area contributed by atoms with E-state index in [1.54, 1.807) is 30.9 Å². The van der Waals surface area contributed by atoms with Crippen LogP contribution in [0.3, 0.4) is 0 Å². The molecule has 0 aliphatic heterocycles. The summed E-state index contributed by atoms with van der Waals surface area (Å²) in [5.74, 6) is -1.06. The lowest BCUT2D eigenvalue weighted by Crippen LogP contribution is -1.90. The number of rotatable bonds is 3. The summed E-state index contributed by atoms with van der Waals surface area (Å²) in [4.78, 5) is 15.9. The van der Waals surface area contributed by atoms with Crippen LogP contribution in [0.25, 0.3) is 44.9 Å². The Morgan fingerprint density at radius 3 is 2.61 bits per heavy atom. The van der Waals surface area contributed by atoms with E-state index < -0.39 is 11.6 Å². The summed E-state index contributed by atoms with van der Waals surface area (Å²) in [6.45, 7) is 0. The van der Waals surface area contributed by atoms with Crippen LogP contribution < -0.4 is 0 Å². The number of aromatic amines is 1. The minimum absolute atomic E-state index is 0.0705. The van der Waals surface area contributed by atoms with Gasteiger partial charge in [-0.1, -0.05) is 17.3 Å². The van der Waals surface area contributed by atoms with Crippen molar-refractivity contribution in [1.29, 1.82) is 0 Å². The van der Waals surface area contributed by atoms with E-state index in [9.17, 15) is 8.78 Å². The molecule has 1 aromatic carbocycles. The first-order valence-electron chi connectivity index (χ1n) is 8.36. The molecular weight excluding hydrogens is 364 g/mol. The second-order valence-corrected chi connectivity index (χ2v) is 6.06. The van der Waals surface area contributed by atoms with E-state index in [-0.39, 0.29) is 5.56 Å². The van der Waals surface area contributed by atoms with Gasteiger partial charge in [0.15, 0.2) is 23.2 Å². The third-order valence-electron chi connectivity index (χ3n) is 4.41. The van der Waals surface area contributed by atoms with E-state index in [4.69, 9.17) is 4.52 Å². The van der Waals surface area contributed by atoms with Gasteiger partial charge in [0.05, 0.1) is 11.8 Å². The SMILES string of the molecule is Fc1cccc(-c2cnoc2-c2c[nH]c3ncc(-c4ncccn4)cc23)c1F. The van der Waals surface area contributed by atoms with Crippen LogP contribution in [-0.2, 0) is 0 Å². The van der Waals surface area contributed by atoms with Gasteiger partial charge in [-0.25, -0.2) is 23.7 Å². The first-order valence-corrected chi connectivity index (χ1v) is 8.36. The zero-order valence-electron chi connectivity index (χ0n) is 14.2. The van der Waals surface area contributed by atoms with Crippen LogP contribution in [0.4, 0.5) is 8.78 Å². The molecule has 0 aliphatic carbocycles. The monoisotopic (exact) mass is 375 g/mol. The molecule has 5 aromatic rings. The van der Waals surface area contributed by atoms with Crippen molar-refractivity contribution in [2.75, 3.05) is 0 Å². The van der Waals surface area contributed by atoms with E-state index in [1.807, 2.05) is 6.07 Å². The Morgan fingerprint density at radius 1 is 0.893 bits per heavy atom. The molecule has 5 rings (SSSR count). The number of H-pyrrole nitrogens is 1. The molecule has 0 radical (unpaired) electrons. The Balaban J connectivity index is 1.69. The van der Waals surface area contributed by atoms with Crippen LogP contribution in [-0.4, -0.2) is 25.1 Å². The summed E-state index contributed by atoms with van der Waals surface area (Å²) in [5.41, 5.74) is 2.36. The minimum Gasteiger partial charge on any atom is -0.356 e. The van der Waals surface area contributed by atoms with Crippen molar-refractivity contribution in [2.45, 2.75) is 0 Å². The average Bonchev–Trinajstić information content (AvgIpc) is 3.37. The molecule has 0 saturated heterocycles. The maximum atomic E-state index is 14.3. The number of pyridine rings is 1. The third-order valence-corrected chi connectivity index (χ3v) is 4.41. The highest BCUT2D eigenvalue weighted by Crippen LogP contribution is 2.37. The van der Waals surface area contributed by atoms with Gasteiger partial charge >= 0.3 is 0 Å². The van der Waals surface area contributed by atoms with Crippen LogP contribution in [0.5, 0.6) is 0 Å². The number of aromatic nitrogens is 5. The minimum atomic E-state index is -0.955. The smallest absolute Gasteiger partial charge is 0.176 e. The molecule has 0 spiro atoms. The molecule has 8 heteroatoms. The molecule has 0 saturated carbocycles. The molecule has 0 fully saturated rings. The summed E-state index contributed by atoms with van der Waals surface area (Å²) in [5, 5.41) is 4.51. The largest absolute Gasteiger partial charge is 0.356 e. The second kappa shape index (κ2) is 6.34. The van der Waals surface area contributed by atoms with Crippen molar-refractivity contribution < 1.29 is 13.3 Å². The number of hydrogen-bond donors (Lipinski definition) is 1. The highest BCUT2D eigenvalue weighted by Gasteiger charge is 2.21. The molecule has 1 N–H and O–H groups in total. The molecule has 0 unspecified atom stereocenters. The fraction of sp³-hybridized carbons (Fsp3) is 0. The van der Waals surface area contributed by atoms with Crippen LogP contribution in [0.15, 0.2) is 65.8 Å². The topological polar surface area (TPSA) is 80.5 Å². The van der Waals surface area contributed by atoms with E-state index in [0.29, 0.717) is 33.9 Å². The molecule has 0 bridgehead atoms. The van der Waals surface area contributed by atoms with Crippen molar-refractivity contribution in [3.05, 3.63) is 73.0 Å². The number of nitrogens with one attached hydrogen (secondary N) is 1. The van der Waals surface area contributed by atoms with Gasteiger partial charge in [-0.15, -0.1) is 0 Å². The highest BCUT2D eigenvalue weighted by atomic mass is 19.2. The Hall–Kier alpha value is -3.94. The Morgan fingerprint density at radius 2 is 1.75 bits per heavy atom. The van der Waals surface area contributed by atoms with Gasteiger partial charge in [-0.2, -0.15) is 0 Å². The van der Waals surface area contributed by atoms with E-state index in [0.717, 1.165) is 11.5 Å². The zero-order valence-corrected chi connectivity index (χ0v) is 14.2. The first-order chi connectivity index (χ1) is 13.7. The Labute approximate surface area is 156 Å². The Kier molecular flexibility index (Phi) is 3.68. The fourth-order valence-electron chi connectivity index (χ4n) is 3.10. The third kappa shape index (κ3) is 2.54. The number of hydrogen-bond acceptors (Lipinski definition) is 5. The predicted molar refractivity (Wildman–Crippen MR) is 98.0 cm³/mol. The fourth-order valence-corrected chi connectivity index (χ4v) is 3.10. The van der Waals surface area contributed by atoms with E-state index in [1.165, 1.54) is 18.3 Å². The number of benzene rings is 1. The second-order valence-electron chi connectivity index (χ2n) is 6.06. The van der Waals surface area contributed by atoms with Gasteiger partial charge in [0.25, 0.3) is 0 Å². The normalized spacial score (nSPS) is 11.2. The lowest BCUT2D eigenvalue weighted by atomic mass is 10.0. The van der Waals surface area contributed by atoms with Crippen molar-refractivity contribution >= 4 is 11.0 Å². The summed E-state index contributed by atoms with van der Waals surface area (Å²) in [6.07, 6.45) is 8.00. The number of fused-ring (bicyclic) bond motifs is 1. The summed E-state index contributed by atoms with van der Waals surface area (Å²) in [7, 11) is 0. The lowest BCUT2D eigenvalue weighted by Gasteiger charge is -2.04. The standard InChI is InChI=1S/C20H11F2N5O/c21-16-4-1-3-12(17(16)22)15-10-27-28-18(15)14-9-26-20-13(14)7-11(8-25-20)19-23-5-2-6-24-19/h1-10H,(H,25,26). The van der Waals surface area contributed by atoms with Gasteiger partial charge in [0.2, 0.25) is 0 Å². The number of nitrogens with zero attached hydrogens (tertiary/aromatic N) is 4. The van der Waals surface area contributed by atoms with E-state index >= 15 is 0 Å². The van der Waals surface area contributed by atoms with E-state index in [2.05, 4.69) is 25.1 Å².